The SMILES string of the molecule is C[C@@H]1CN(C(=O)CC#N)C[C@H]1Nc1c(C(N)=O)cnn2cc(-c3ccc(C(F)(F)F)nc3)cc12. The number of primary amides is 1. The molecule has 0 aliphatic carbocycles. The van der Waals surface area contributed by atoms with Crippen LogP contribution in [0.25, 0.3) is 16.6 Å². The molecule has 3 aromatic rings. The first-order chi connectivity index (χ1) is 16.1. The third-order valence-corrected chi connectivity index (χ3v) is 5.81. The summed E-state index contributed by atoms with van der Waals surface area (Å²) in [6.07, 6.45) is -0.716. The van der Waals surface area contributed by atoms with Gasteiger partial charge in [-0.15, -0.1) is 0 Å². The molecular weight excluding hydrogens is 451 g/mol. The number of aromatic nitrogens is 3. The number of nitriles is 1. The van der Waals surface area contributed by atoms with Crippen LogP contribution in [0.4, 0.5) is 18.9 Å². The number of likely N-dealkylation sites (tertiary alicyclic amines) is 1. The highest BCUT2D eigenvalue weighted by Gasteiger charge is 2.34. The maximum absolute atomic E-state index is 12.8. The van der Waals surface area contributed by atoms with E-state index in [-0.39, 0.29) is 29.9 Å². The highest BCUT2D eigenvalue weighted by Crippen LogP contribution is 2.32. The molecule has 4 heterocycles. The predicted molar refractivity (Wildman–Crippen MR) is 115 cm³/mol. The van der Waals surface area contributed by atoms with Crippen molar-refractivity contribution in [3.8, 4) is 17.2 Å². The van der Waals surface area contributed by atoms with E-state index in [0.29, 0.717) is 35.4 Å². The van der Waals surface area contributed by atoms with Gasteiger partial charge in [0.2, 0.25) is 5.91 Å². The summed E-state index contributed by atoms with van der Waals surface area (Å²) in [7, 11) is 0. The van der Waals surface area contributed by atoms with E-state index in [4.69, 9.17) is 11.0 Å². The van der Waals surface area contributed by atoms with Gasteiger partial charge in [-0.25, -0.2) is 4.52 Å². The molecule has 0 aromatic carbocycles. The molecular formula is C22H20F3N7O2. The Hall–Kier alpha value is -4.14. The number of hydrogen-bond donors (Lipinski definition) is 2. The molecule has 1 aliphatic rings. The number of nitrogens with two attached hydrogens (primary N) is 1. The molecule has 1 fully saturated rings. The van der Waals surface area contributed by atoms with Gasteiger partial charge >= 0.3 is 6.18 Å². The van der Waals surface area contributed by atoms with Crippen molar-refractivity contribution in [3.63, 3.8) is 0 Å². The van der Waals surface area contributed by atoms with Crippen LogP contribution in [0.2, 0.25) is 0 Å². The third-order valence-electron chi connectivity index (χ3n) is 5.81. The molecule has 3 aromatic heterocycles. The summed E-state index contributed by atoms with van der Waals surface area (Å²) < 4.78 is 40.0. The molecule has 176 valence electrons. The molecule has 9 nitrogen and oxygen atoms in total. The largest absolute Gasteiger partial charge is 0.433 e. The van der Waals surface area contributed by atoms with E-state index in [1.807, 2.05) is 13.0 Å². The summed E-state index contributed by atoms with van der Waals surface area (Å²) in [6, 6.07) is 5.50. The van der Waals surface area contributed by atoms with E-state index in [2.05, 4.69) is 15.4 Å². The third kappa shape index (κ3) is 4.36. The Labute approximate surface area is 192 Å². The molecule has 34 heavy (non-hydrogen) atoms. The molecule has 0 spiro atoms. The first-order valence-corrected chi connectivity index (χ1v) is 10.3. The minimum atomic E-state index is -4.54. The maximum Gasteiger partial charge on any atom is 0.433 e. The lowest BCUT2D eigenvalue weighted by molar-refractivity contribution is -0.141. The van der Waals surface area contributed by atoms with Crippen LogP contribution in [0.3, 0.4) is 0 Å². The van der Waals surface area contributed by atoms with E-state index in [9.17, 15) is 22.8 Å². The Kier molecular flexibility index (Phi) is 5.87. The highest BCUT2D eigenvalue weighted by molar-refractivity contribution is 6.02. The topological polar surface area (TPSA) is 129 Å². The van der Waals surface area contributed by atoms with Crippen molar-refractivity contribution in [2.24, 2.45) is 11.7 Å². The van der Waals surface area contributed by atoms with Crippen molar-refractivity contribution in [1.29, 1.82) is 5.26 Å². The first kappa shape index (κ1) is 23.0. The van der Waals surface area contributed by atoms with Crippen molar-refractivity contribution in [3.05, 3.63) is 48.0 Å². The van der Waals surface area contributed by atoms with E-state index in [1.165, 1.54) is 16.8 Å². The Morgan fingerprint density at radius 2 is 2.03 bits per heavy atom. The lowest BCUT2D eigenvalue weighted by Gasteiger charge is -2.20. The van der Waals surface area contributed by atoms with Crippen molar-refractivity contribution < 1.29 is 22.8 Å². The van der Waals surface area contributed by atoms with E-state index in [0.717, 1.165) is 12.3 Å². The second-order valence-electron chi connectivity index (χ2n) is 8.15. The molecule has 1 aliphatic heterocycles. The van der Waals surface area contributed by atoms with Gasteiger partial charge in [0.1, 0.15) is 12.1 Å². The first-order valence-electron chi connectivity index (χ1n) is 10.3. The van der Waals surface area contributed by atoms with Gasteiger partial charge in [-0.2, -0.15) is 23.5 Å². The second-order valence-corrected chi connectivity index (χ2v) is 8.15. The number of nitrogens with one attached hydrogen (secondary N) is 1. The lowest BCUT2D eigenvalue weighted by atomic mass is 10.1. The van der Waals surface area contributed by atoms with Crippen molar-refractivity contribution >= 4 is 23.0 Å². The number of fused-ring (bicyclic) bond motifs is 1. The van der Waals surface area contributed by atoms with Crippen LogP contribution in [0.5, 0.6) is 0 Å². The van der Waals surface area contributed by atoms with Gasteiger partial charge in [-0.1, -0.05) is 13.0 Å². The average Bonchev–Trinajstić information content (AvgIpc) is 3.37. The molecule has 2 atom stereocenters. The number of pyridine rings is 1. The Morgan fingerprint density at radius 3 is 2.65 bits per heavy atom. The van der Waals surface area contributed by atoms with E-state index < -0.39 is 17.8 Å². The number of anilines is 1. The molecule has 1 saturated heterocycles. The quantitative estimate of drug-likeness (QED) is 0.589. The molecule has 4 rings (SSSR count). The standard InChI is InChI=1S/C22H20F3N7O2/c1-12-9-31(19(33)4-5-26)11-16(12)30-20-15(21(27)34)8-29-32-10-14(6-17(20)32)13-2-3-18(28-7-13)22(23,24)25/h2-3,6-8,10,12,16,30H,4,9,11H2,1H3,(H2,27,34)/t12-,16-/m1/s1. The fourth-order valence-electron chi connectivity index (χ4n) is 4.01. The number of carbonyl (C=O) groups excluding carboxylic acids is 2. The van der Waals surface area contributed by atoms with Gasteiger partial charge in [0, 0.05) is 42.7 Å². The number of alkyl halides is 3. The molecule has 2 amide bonds. The van der Waals surface area contributed by atoms with Gasteiger partial charge < -0.3 is 16.0 Å². The van der Waals surface area contributed by atoms with Crippen LogP contribution in [-0.4, -0.2) is 50.4 Å². The number of amides is 2. The van der Waals surface area contributed by atoms with Crippen molar-refractivity contribution in [2.75, 3.05) is 18.4 Å². The molecule has 0 radical (unpaired) electrons. The van der Waals surface area contributed by atoms with Crippen LogP contribution >= 0.6 is 0 Å². The lowest BCUT2D eigenvalue weighted by Crippen LogP contribution is -2.32. The van der Waals surface area contributed by atoms with Crippen LogP contribution in [0, 0.1) is 17.2 Å². The number of hydrogen-bond acceptors (Lipinski definition) is 6. The Morgan fingerprint density at radius 1 is 1.26 bits per heavy atom. The van der Waals surface area contributed by atoms with Crippen LogP contribution in [0.1, 0.15) is 29.4 Å². The number of carbonyl (C=O) groups is 2. The molecule has 3 N–H and O–H groups in total. The maximum atomic E-state index is 12.8. The van der Waals surface area contributed by atoms with Crippen LogP contribution < -0.4 is 11.1 Å². The van der Waals surface area contributed by atoms with E-state index >= 15 is 0 Å². The van der Waals surface area contributed by atoms with Gasteiger partial charge in [0.15, 0.2) is 0 Å². The molecule has 0 saturated carbocycles. The fourth-order valence-corrected chi connectivity index (χ4v) is 4.01. The zero-order chi connectivity index (χ0) is 24.6. The Bertz CT molecular complexity index is 1290. The average molecular weight is 471 g/mol. The molecule has 0 bridgehead atoms. The zero-order valence-corrected chi connectivity index (χ0v) is 18.0. The van der Waals surface area contributed by atoms with Crippen molar-refractivity contribution in [1.82, 2.24) is 19.5 Å². The van der Waals surface area contributed by atoms with Gasteiger partial charge in [0.25, 0.3) is 5.91 Å². The summed E-state index contributed by atoms with van der Waals surface area (Å²) >= 11 is 0. The van der Waals surface area contributed by atoms with Gasteiger partial charge in [0.05, 0.1) is 29.0 Å². The van der Waals surface area contributed by atoms with Crippen LogP contribution in [0.15, 0.2) is 36.8 Å². The number of rotatable bonds is 5. The zero-order valence-electron chi connectivity index (χ0n) is 18.0. The van der Waals surface area contributed by atoms with Crippen molar-refractivity contribution in [2.45, 2.75) is 25.6 Å². The summed E-state index contributed by atoms with van der Waals surface area (Å²) in [6.45, 7) is 2.73. The highest BCUT2D eigenvalue weighted by atomic mass is 19.4. The number of nitrogens with zero attached hydrogens (tertiary/aromatic N) is 5. The summed E-state index contributed by atoms with van der Waals surface area (Å²) in [5, 5.41) is 16.3. The van der Waals surface area contributed by atoms with Gasteiger partial charge in [-0.3, -0.25) is 14.6 Å². The summed E-state index contributed by atoms with van der Waals surface area (Å²) in [5.41, 5.74) is 6.57. The molecule has 12 heteroatoms. The fraction of sp³-hybridized carbons (Fsp3) is 0.318. The molecule has 0 unspecified atom stereocenters. The monoisotopic (exact) mass is 471 g/mol. The van der Waals surface area contributed by atoms with E-state index in [1.54, 1.807) is 17.2 Å². The summed E-state index contributed by atoms with van der Waals surface area (Å²) in [5.74, 6) is -0.960. The summed E-state index contributed by atoms with van der Waals surface area (Å²) in [4.78, 5) is 29.3. The smallest absolute Gasteiger partial charge is 0.378 e. The van der Waals surface area contributed by atoms with Gasteiger partial charge in [-0.05, 0) is 18.1 Å². The predicted octanol–water partition coefficient (Wildman–Crippen LogP) is 2.69. The minimum absolute atomic E-state index is 0.0186. The number of halogens is 3. The van der Waals surface area contributed by atoms with Crippen LogP contribution in [-0.2, 0) is 11.0 Å². The second kappa shape index (κ2) is 8.66. The minimum Gasteiger partial charge on any atom is -0.378 e. The Balaban J connectivity index is 1.69. The normalized spacial score (nSPS) is 18.1.